The van der Waals surface area contributed by atoms with Gasteiger partial charge in [-0.1, -0.05) is 20.3 Å². The van der Waals surface area contributed by atoms with Gasteiger partial charge >= 0.3 is 0 Å². The second-order valence-corrected chi connectivity index (χ2v) is 5.60. The molecule has 4 nitrogen and oxygen atoms in total. The minimum Gasteiger partial charge on any atom is -0.370 e. The van der Waals surface area contributed by atoms with E-state index in [2.05, 4.69) is 29.5 Å². The summed E-state index contributed by atoms with van der Waals surface area (Å²) in [5.41, 5.74) is 1.67. The first-order chi connectivity index (χ1) is 9.63. The average molecular weight is 275 g/mol. The summed E-state index contributed by atoms with van der Waals surface area (Å²) in [4.78, 5) is 16.9. The molecule has 0 radical (unpaired) electrons. The summed E-state index contributed by atoms with van der Waals surface area (Å²) >= 11 is 0. The number of nitrogens with one attached hydrogen (secondary N) is 2. The smallest absolute Gasteiger partial charge is 0.251 e. The minimum absolute atomic E-state index is 0.0278. The Bertz CT molecular complexity index is 473. The monoisotopic (exact) mass is 275 g/mol. The molecular formula is C16H25N3O. The van der Waals surface area contributed by atoms with E-state index in [0.717, 1.165) is 30.9 Å². The molecule has 0 spiro atoms. The van der Waals surface area contributed by atoms with Crippen LogP contribution in [0, 0.1) is 5.92 Å². The van der Waals surface area contributed by atoms with E-state index in [1.54, 1.807) is 0 Å². The summed E-state index contributed by atoms with van der Waals surface area (Å²) in [5.74, 6) is 1.40. The van der Waals surface area contributed by atoms with Crippen LogP contribution in [-0.2, 0) is 6.42 Å². The molecule has 1 aliphatic rings. The Balaban J connectivity index is 2.13. The number of anilines is 1. The Morgan fingerprint density at radius 3 is 2.75 bits per heavy atom. The standard InChI is InChI=1S/C16H25N3O/c1-4-13-9-12(10-15(18-13)17-5-2)16(20)19-14-8-6-7-11(14)3/h9-11,14H,4-8H2,1-3H3,(H,17,18)(H,19,20). The van der Waals surface area contributed by atoms with Crippen LogP contribution in [0.15, 0.2) is 12.1 Å². The molecule has 1 heterocycles. The van der Waals surface area contributed by atoms with Crippen molar-refractivity contribution < 1.29 is 4.79 Å². The van der Waals surface area contributed by atoms with Gasteiger partial charge in [-0.25, -0.2) is 4.98 Å². The molecule has 1 fully saturated rings. The van der Waals surface area contributed by atoms with Crippen LogP contribution < -0.4 is 10.6 Å². The lowest BCUT2D eigenvalue weighted by atomic mass is 10.1. The second-order valence-electron chi connectivity index (χ2n) is 5.60. The summed E-state index contributed by atoms with van der Waals surface area (Å²) in [6, 6.07) is 4.07. The molecule has 0 saturated heterocycles. The third kappa shape index (κ3) is 3.50. The number of amides is 1. The van der Waals surface area contributed by atoms with Crippen LogP contribution >= 0.6 is 0 Å². The van der Waals surface area contributed by atoms with Crippen molar-refractivity contribution in [2.24, 2.45) is 5.92 Å². The molecular weight excluding hydrogens is 250 g/mol. The highest BCUT2D eigenvalue weighted by Gasteiger charge is 2.25. The van der Waals surface area contributed by atoms with Crippen LogP contribution in [0.2, 0.25) is 0 Å². The number of aromatic nitrogens is 1. The Kier molecular flexibility index (Phi) is 4.99. The van der Waals surface area contributed by atoms with Crippen LogP contribution in [0.3, 0.4) is 0 Å². The van der Waals surface area contributed by atoms with Gasteiger partial charge in [-0.05, 0) is 44.2 Å². The van der Waals surface area contributed by atoms with Crippen molar-refractivity contribution >= 4 is 11.7 Å². The summed E-state index contributed by atoms with van der Waals surface area (Å²) < 4.78 is 0. The topological polar surface area (TPSA) is 54.0 Å². The molecule has 1 aliphatic carbocycles. The van der Waals surface area contributed by atoms with Crippen LogP contribution in [0.4, 0.5) is 5.82 Å². The van der Waals surface area contributed by atoms with Crippen molar-refractivity contribution in [1.29, 1.82) is 0 Å². The van der Waals surface area contributed by atoms with Crippen molar-refractivity contribution in [2.75, 3.05) is 11.9 Å². The normalized spacial score (nSPS) is 21.8. The molecule has 1 aromatic heterocycles. The van der Waals surface area contributed by atoms with Crippen molar-refractivity contribution in [2.45, 2.75) is 52.5 Å². The van der Waals surface area contributed by atoms with Crippen molar-refractivity contribution in [3.05, 3.63) is 23.4 Å². The third-order valence-corrected chi connectivity index (χ3v) is 4.04. The lowest BCUT2D eigenvalue weighted by Crippen LogP contribution is -2.36. The van der Waals surface area contributed by atoms with Crippen LogP contribution in [-0.4, -0.2) is 23.5 Å². The van der Waals surface area contributed by atoms with E-state index in [4.69, 9.17) is 0 Å². The number of pyridine rings is 1. The first kappa shape index (κ1) is 14.8. The molecule has 0 bridgehead atoms. The Morgan fingerprint density at radius 2 is 2.15 bits per heavy atom. The molecule has 1 saturated carbocycles. The highest BCUT2D eigenvalue weighted by atomic mass is 16.1. The third-order valence-electron chi connectivity index (χ3n) is 4.04. The van der Waals surface area contributed by atoms with E-state index < -0.39 is 0 Å². The fourth-order valence-electron chi connectivity index (χ4n) is 2.78. The van der Waals surface area contributed by atoms with Gasteiger partial charge in [0, 0.05) is 23.8 Å². The zero-order valence-electron chi connectivity index (χ0n) is 12.7. The van der Waals surface area contributed by atoms with Crippen LogP contribution in [0.1, 0.15) is 56.1 Å². The molecule has 2 unspecified atom stereocenters. The molecule has 2 N–H and O–H groups in total. The number of aryl methyl sites for hydroxylation is 1. The number of carbonyl (C=O) groups is 1. The van der Waals surface area contributed by atoms with E-state index >= 15 is 0 Å². The first-order valence-corrected chi connectivity index (χ1v) is 7.69. The summed E-state index contributed by atoms with van der Waals surface area (Å²) in [5, 5.41) is 6.36. The number of rotatable bonds is 5. The van der Waals surface area contributed by atoms with E-state index in [0.29, 0.717) is 17.5 Å². The maximum Gasteiger partial charge on any atom is 0.251 e. The van der Waals surface area contributed by atoms with Crippen molar-refractivity contribution in [3.8, 4) is 0 Å². The predicted molar refractivity (Wildman–Crippen MR) is 82.0 cm³/mol. The molecule has 110 valence electrons. The summed E-state index contributed by atoms with van der Waals surface area (Å²) in [7, 11) is 0. The molecule has 20 heavy (non-hydrogen) atoms. The average Bonchev–Trinajstić information content (AvgIpc) is 2.84. The van der Waals surface area contributed by atoms with Gasteiger partial charge in [-0.2, -0.15) is 0 Å². The lowest BCUT2D eigenvalue weighted by molar-refractivity contribution is 0.0929. The Hall–Kier alpha value is -1.58. The number of hydrogen-bond acceptors (Lipinski definition) is 3. The fraction of sp³-hybridized carbons (Fsp3) is 0.625. The first-order valence-electron chi connectivity index (χ1n) is 7.69. The van der Waals surface area contributed by atoms with Crippen LogP contribution in [0.5, 0.6) is 0 Å². The van der Waals surface area contributed by atoms with Crippen molar-refractivity contribution in [3.63, 3.8) is 0 Å². The van der Waals surface area contributed by atoms with Gasteiger partial charge in [0.15, 0.2) is 0 Å². The Morgan fingerprint density at radius 1 is 1.35 bits per heavy atom. The molecule has 2 atom stereocenters. The minimum atomic E-state index is 0.0278. The fourth-order valence-corrected chi connectivity index (χ4v) is 2.78. The van der Waals surface area contributed by atoms with E-state index in [1.165, 1.54) is 12.8 Å². The zero-order chi connectivity index (χ0) is 14.5. The van der Waals surface area contributed by atoms with E-state index in [1.807, 2.05) is 19.1 Å². The number of hydrogen-bond donors (Lipinski definition) is 2. The largest absolute Gasteiger partial charge is 0.370 e. The van der Waals surface area contributed by atoms with Crippen LogP contribution in [0.25, 0.3) is 0 Å². The zero-order valence-corrected chi connectivity index (χ0v) is 12.7. The van der Waals surface area contributed by atoms with Crippen molar-refractivity contribution in [1.82, 2.24) is 10.3 Å². The predicted octanol–water partition coefficient (Wildman–Crippen LogP) is 2.99. The molecule has 0 aromatic carbocycles. The summed E-state index contributed by atoms with van der Waals surface area (Å²) in [6.45, 7) is 7.10. The highest BCUT2D eigenvalue weighted by molar-refractivity contribution is 5.95. The van der Waals surface area contributed by atoms with Gasteiger partial charge < -0.3 is 10.6 Å². The second kappa shape index (κ2) is 6.73. The molecule has 2 rings (SSSR count). The van der Waals surface area contributed by atoms with E-state index in [9.17, 15) is 4.79 Å². The van der Waals surface area contributed by atoms with Gasteiger partial charge in [-0.15, -0.1) is 0 Å². The Labute approximate surface area is 121 Å². The summed E-state index contributed by atoms with van der Waals surface area (Å²) in [6.07, 6.45) is 4.35. The maximum atomic E-state index is 12.4. The van der Waals surface area contributed by atoms with Gasteiger partial charge in [0.05, 0.1) is 0 Å². The van der Waals surface area contributed by atoms with Gasteiger partial charge in [0.1, 0.15) is 5.82 Å². The van der Waals surface area contributed by atoms with Gasteiger partial charge in [0.2, 0.25) is 0 Å². The number of nitrogens with zero attached hydrogens (tertiary/aromatic N) is 1. The van der Waals surface area contributed by atoms with E-state index in [-0.39, 0.29) is 5.91 Å². The van der Waals surface area contributed by atoms with Gasteiger partial charge in [0.25, 0.3) is 5.91 Å². The molecule has 0 aliphatic heterocycles. The lowest BCUT2D eigenvalue weighted by Gasteiger charge is -2.18. The molecule has 4 heteroatoms. The quantitative estimate of drug-likeness (QED) is 0.868. The van der Waals surface area contributed by atoms with Gasteiger partial charge in [-0.3, -0.25) is 4.79 Å². The SMILES string of the molecule is CCNc1cc(C(=O)NC2CCCC2C)cc(CC)n1. The highest BCUT2D eigenvalue weighted by Crippen LogP contribution is 2.25. The molecule has 1 aromatic rings. The maximum absolute atomic E-state index is 12.4. The molecule has 1 amide bonds. The number of carbonyl (C=O) groups excluding carboxylic acids is 1.